The van der Waals surface area contributed by atoms with E-state index in [1.807, 2.05) is 0 Å². The molecule has 0 aromatic carbocycles. The Bertz CT molecular complexity index is 239. The minimum atomic E-state index is 0.482. The summed E-state index contributed by atoms with van der Waals surface area (Å²) in [4.78, 5) is 4.69. The van der Waals surface area contributed by atoms with Crippen LogP contribution in [0.1, 0.15) is 52.4 Å². The van der Waals surface area contributed by atoms with Crippen LogP contribution in [0.4, 0.5) is 0 Å². The lowest BCUT2D eigenvalue weighted by atomic mass is 9.75. The molecule has 0 spiro atoms. The zero-order valence-corrected chi connectivity index (χ0v) is 9.42. The van der Waals surface area contributed by atoms with Gasteiger partial charge in [-0.3, -0.25) is 4.99 Å². The number of hydrogen-bond acceptors (Lipinski definition) is 1. The van der Waals surface area contributed by atoms with E-state index >= 15 is 0 Å². The van der Waals surface area contributed by atoms with Crippen molar-refractivity contribution in [2.45, 2.75) is 58.4 Å². The van der Waals surface area contributed by atoms with Gasteiger partial charge in [0.2, 0.25) is 0 Å². The van der Waals surface area contributed by atoms with Crippen molar-refractivity contribution < 1.29 is 0 Å². The van der Waals surface area contributed by atoms with E-state index in [1.54, 1.807) is 0 Å². The van der Waals surface area contributed by atoms with Gasteiger partial charge in [0.25, 0.3) is 0 Å². The largest absolute Gasteiger partial charge is 0.387 e. The fraction of sp³-hybridized carbons (Fsp3) is 0.917. The first-order valence-electron chi connectivity index (χ1n) is 5.90. The molecule has 80 valence electrons. The fourth-order valence-corrected chi connectivity index (χ4v) is 2.46. The Hall–Kier alpha value is -0.530. The monoisotopic (exact) mass is 194 g/mol. The Kier molecular flexibility index (Phi) is 2.54. The lowest BCUT2D eigenvalue weighted by molar-refractivity contribution is 0.221. The van der Waals surface area contributed by atoms with Gasteiger partial charge in [-0.05, 0) is 37.5 Å². The number of aliphatic imine (C=N–C) groups is 1. The molecule has 2 rings (SSSR count). The quantitative estimate of drug-likeness (QED) is 0.532. The lowest BCUT2D eigenvalue weighted by Gasteiger charge is -2.33. The highest BCUT2D eigenvalue weighted by Gasteiger charge is 2.30. The van der Waals surface area contributed by atoms with Gasteiger partial charge in [0.15, 0.2) is 0 Å². The Balaban J connectivity index is 1.93. The zero-order valence-electron chi connectivity index (χ0n) is 9.42. The highest BCUT2D eigenvalue weighted by atomic mass is 14.9. The minimum absolute atomic E-state index is 0.482. The van der Waals surface area contributed by atoms with Gasteiger partial charge in [-0.1, -0.05) is 20.3 Å². The van der Waals surface area contributed by atoms with Crippen LogP contribution < -0.4 is 5.73 Å². The first-order chi connectivity index (χ1) is 6.57. The Morgan fingerprint density at radius 3 is 2.57 bits per heavy atom. The highest BCUT2D eigenvalue weighted by Crippen LogP contribution is 2.37. The minimum Gasteiger partial charge on any atom is -0.387 e. The maximum atomic E-state index is 5.95. The van der Waals surface area contributed by atoms with E-state index in [0.29, 0.717) is 17.4 Å². The molecule has 0 bridgehead atoms. The predicted octanol–water partition coefficient (Wildman–Crippen LogP) is 2.72. The molecule has 0 heterocycles. The van der Waals surface area contributed by atoms with Gasteiger partial charge in [-0.2, -0.15) is 0 Å². The average Bonchev–Trinajstić information content (AvgIpc) is 2.83. The van der Waals surface area contributed by atoms with E-state index in [1.165, 1.54) is 38.5 Å². The van der Waals surface area contributed by atoms with E-state index in [9.17, 15) is 0 Å². The van der Waals surface area contributed by atoms with Crippen molar-refractivity contribution in [3.8, 4) is 0 Å². The van der Waals surface area contributed by atoms with Crippen molar-refractivity contribution in [3.05, 3.63) is 0 Å². The smallest absolute Gasteiger partial charge is 0.0971 e. The molecule has 14 heavy (non-hydrogen) atoms. The molecule has 2 fully saturated rings. The second kappa shape index (κ2) is 3.56. The molecule has 2 aliphatic carbocycles. The van der Waals surface area contributed by atoms with Gasteiger partial charge in [-0.25, -0.2) is 0 Å². The summed E-state index contributed by atoms with van der Waals surface area (Å²) >= 11 is 0. The molecule has 2 aliphatic rings. The molecule has 0 saturated heterocycles. The van der Waals surface area contributed by atoms with E-state index < -0.39 is 0 Å². The van der Waals surface area contributed by atoms with E-state index in [4.69, 9.17) is 5.73 Å². The van der Waals surface area contributed by atoms with Crippen LogP contribution in [0.2, 0.25) is 0 Å². The summed E-state index contributed by atoms with van der Waals surface area (Å²) in [6, 6.07) is 0.513. The second-order valence-corrected chi connectivity index (χ2v) is 5.74. The van der Waals surface area contributed by atoms with Crippen molar-refractivity contribution in [2.75, 3.05) is 0 Å². The molecule has 2 N–H and O–H groups in total. The maximum absolute atomic E-state index is 5.95. The topological polar surface area (TPSA) is 38.4 Å². The van der Waals surface area contributed by atoms with Crippen LogP contribution in [0.5, 0.6) is 0 Å². The van der Waals surface area contributed by atoms with Crippen LogP contribution in [0.25, 0.3) is 0 Å². The Morgan fingerprint density at radius 2 is 2.00 bits per heavy atom. The van der Waals surface area contributed by atoms with Gasteiger partial charge in [0.05, 0.1) is 11.9 Å². The molecule has 2 heteroatoms. The first-order valence-corrected chi connectivity index (χ1v) is 5.90. The Morgan fingerprint density at radius 1 is 1.29 bits per heavy atom. The van der Waals surface area contributed by atoms with E-state index in [-0.39, 0.29) is 0 Å². The lowest BCUT2D eigenvalue weighted by Crippen LogP contribution is -2.27. The number of hydrogen-bond donors (Lipinski definition) is 1. The van der Waals surface area contributed by atoms with Crippen LogP contribution >= 0.6 is 0 Å². The number of nitrogens with two attached hydrogens (primary N) is 1. The van der Waals surface area contributed by atoms with Crippen molar-refractivity contribution in [1.29, 1.82) is 0 Å². The Labute approximate surface area is 87.0 Å². The molecule has 0 radical (unpaired) electrons. The summed E-state index contributed by atoms with van der Waals surface area (Å²) in [7, 11) is 0. The van der Waals surface area contributed by atoms with Gasteiger partial charge < -0.3 is 5.73 Å². The molecule has 0 aromatic heterocycles. The molecular weight excluding hydrogens is 172 g/mol. The summed E-state index contributed by atoms with van der Waals surface area (Å²) in [5, 5.41) is 0. The third-order valence-electron chi connectivity index (χ3n) is 3.51. The maximum Gasteiger partial charge on any atom is 0.0971 e. The molecular formula is C12H22N2. The van der Waals surface area contributed by atoms with Crippen LogP contribution in [0, 0.1) is 11.3 Å². The SMILES string of the molecule is CC1(C)CCCC(N=C(N)C2CC2)C1. The molecule has 0 aromatic rings. The van der Waals surface area contributed by atoms with Crippen molar-refractivity contribution in [2.24, 2.45) is 22.1 Å². The molecule has 2 nitrogen and oxygen atoms in total. The molecule has 0 aliphatic heterocycles. The number of rotatable bonds is 2. The van der Waals surface area contributed by atoms with Crippen molar-refractivity contribution in [3.63, 3.8) is 0 Å². The van der Waals surface area contributed by atoms with Crippen LogP contribution in [-0.4, -0.2) is 11.9 Å². The van der Waals surface area contributed by atoms with Crippen molar-refractivity contribution in [1.82, 2.24) is 0 Å². The van der Waals surface area contributed by atoms with Crippen LogP contribution in [0.15, 0.2) is 4.99 Å². The van der Waals surface area contributed by atoms with Gasteiger partial charge in [-0.15, -0.1) is 0 Å². The second-order valence-electron chi connectivity index (χ2n) is 5.74. The van der Waals surface area contributed by atoms with Gasteiger partial charge in [0.1, 0.15) is 0 Å². The average molecular weight is 194 g/mol. The standard InChI is InChI=1S/C12H22N2/c1-12(2)7-3-4-10(8-12)14-11(13)9-5-6-9/h9-10H,3-8H2,1-2H3,(H2,13,14). The zero-order chi connectivity index (χ0) is 10.2. The summed E-state index contributed by atoms with van der Waals surface area (Å²) in [5.74, 6) is 1.58. The highest BCUT2D eigenvalue weighted by molar-refractivity contribution is 5.85. The summed E-state index contributed by atoms with van der Waals surface area (Å²) in [6.45, 7) is 4.70. The summed E-state index contributed by atoms with van der Waals surface area (Å²) in [6.07, 6.45) is 7.68. The van der Waals surface area contributed by atoms with E-state index in [0.717, 1.165) is 5.84 Å². The van der Waals surface area contributed by atoms with E-state index in [2.05, 4.69) is 18.8 Å². The van der Waals surface area contributed by atoms with Crippen molar-refractivity contribution >= 4 is 5.84 Å². The normalized spacial score (nSPS) is 33.0. The van der Waals surface area contributed by atoms with Gasteiger partial charge >= 0.3 is 0 Å². The summed E-state index contributed by atoms with van der Waals surface area (Å²) < 4.78 is 0. The number of amidine groups is 1. The molecule has 0 amide bonds. The van der Waals surface area contributed by atoms with Crippen LogP contribution in [-0.2, 0) is 0 Å². The fourth-order valence-electron chi connectivity index (χ4n) is 2.46. The molecule has 2 saturated carbocycles. The summed E-state index contributed by atoms with van der Waals surface area (Å²) in [5.41, 5.74) is 6.43. The first kappa shape index (κ1) is 10.0. The molecule has 1 unspecified atom stereocenters. The number of nitrogens with zero attached hydrogens (tertiary/aromatic N) is 1. The molecule has 1 atom stereocenters. The van der Waals surface area contributed by atoms with Crippen LogP contribution in [0.3, 0.4) is 0 Å². The van der Waals surface area contributed by atoms with Gasteiger partial charge in [0, 0.05) is 5.92 Å². The third kappa shape index (κ3) is 2.49. The predicted molar refractivity (Wildman–Crippen MR) is 60.4 cm³/mol. The third-order valence-corrected chi connectivity index (χ3v) is 3.51.